The maximum atomic E-state index is 12.7. The van der Waals surface area contributed by atoms with Gasteiger partial charge >= 0.3 is 0 Å². The Morgan fingerprint density at radius 3 is 2.62 bits per heavy atom. The standard InChI is InChI=1S/C16H15FN2O2/c1-2-19-11-14(8-10-16(19)21)18-15(20)9-5-12-3-6-13(17)7-4-12/h3-11H,2H2,1H3,(H,18,20)/b9-5-. The quantitative estimate of drug-likeness (QED) is 0.878. The average Bonchev–Trinajstić information content (AvgIpc) is 2.48. The van der Waals surface area contributed by atoms with Crippen molar-refractivity contribution in [1.29, 1.82) is 0 Å². The molecule has 0 saturated carbocycles. The Labute approximate surface area is 121 Å². The number of nitrogens with one attached hydrogen (secondary N) is 1. The smallest absolute Gasteiger partial charge is 0.250 e. The summed E-state index contributed by atoms with van der Waals surface area (Å²) in [6.07, 6.45) is 4.53. The first-order chi connectivity index (χ1) is 10.1. The van der Waals surface area contributed by atoms with E-state index < -0.39 is 0 Å². The first-order valence-corrected chi connectivity index (χ1v) is 6.53. The van der Waals surface area contributed by atoms with E-state index >= 15 is 0 Å². The van der Waals surface area contributed by atoms with Crippen LogP contribution in [-0.2, 0) is 11.3 Å². The molecule has 1 heterocycles. The SMILES string of the molecule is CCn1cc(NC(=O)/C=C\c2ccc(F)cc2)ccc1=O. The van der Waals surface area contributed by atoms with Crippen molar-refractivity contribution >= 4 is 17.7 Å². The number of pyridine rings is 1. The van der Waals surface area contributed by atoms with E-state index in [2.05, 4.69) is 5.32 Å². The molecule has 0 fully saturated rings. The Kier molecular flexibility index (Phi) is 4.66. The molecule has 1 amide bonds. The molecule has 1 N–H and O–H groups in total. The minimum Gasteiger partial charge on any atom is -0.321 e. The molecule has 0 radical (unpaired) electrons. The van der Waals surface area contributed by atoms with Crippen LogP contribution in [0.1, 0.15) is 12.5 Å². The van der Waals surface area contributed by atoms with E-state index in [1.807, 2.05) is 6.92 Å². The molecular weight excluding hydrogens is 271 g/mol. The summed E-state index contributed by atoms with van der Waals surface area (Å²) in [7, 11) is 0. The molecule has 0 saturated heterocycles. The van der Waals surface area contributed by atoms with Gasteiger partial charge in [-0.25, -0.2) is 4.39 Å². The number of carbonyl (C=O) groups is 1. The molecule has 1 aromatic carbocycles. The van der Waals surface area contributed by atoms with Crippen LogP contribution in [0, 0.1) is 5.82 Å². The first-order valence-electron chi connectivity index (χ1n) is 6.53. The van der Waals surface area contributed by atoms with Crippen LogP contribution in [0.15, 0.2) is 53.5 Å². The molecule has 0 bridgehead atoms. The van der Waals surface area contributed by atoms with Gasteiger partial charge in [-0.05, 0) is 36.8 Å². The number of amides is 1. The molecule has 1 aromatic heterocycles. The summed E-state index contributed by atoms with van der Waals surface area (Å²) in [5, 5.41) is 2.67. The zero-order valence-corrected chi connectivity index (χ0v) is 11.5. The van der Waals surface area contributed by atoms with Gasteiger partial charge in [-0.3, -0.25) is 9.59 Å². The minimum absolute atomic E-state index is 0.114. The molecule has 0 aliphatic heterocycles. The highest BCUT2D eigenvalue weighted by atomic mass is 19.1. The lowest BCUT2D eigenvalue weighted by molar-refractivity contribution is -0.111. The fourth-order valence-electron chi connectivity index (χ4n) is 1.78. The zero-order chi connectivity index (χ0) is 15.2. The summed E-state index contributed by atoms with van der Waals surface area (Å²) in [5.74, 6) is -0.640. The number of aryl methyl sites for hydroxylation is 1. The maximum absolute atomic E-state index is 12.7. The van der Waals surface area contributed by atoms with Crippen LogP contribution in [0.4, 0.5) is 10.1 Å². The number of halogens is 1. The van der Waals surface area contributed by atoms with Crippen LogP contribution in [-0.4, -0.2) is 10.5 Å². The molecule has 21 heavy (non-hydrogen) atoms. The molecule has 0 unspecified atom stereocenters. The summed E-state index contributed by atoms with van der Waals surface area (Å²) < 4.78 is 14.2. The lowest BCUT2D eigenvalue weighted by atomic mass is 10.2. The van der Waals surface area contributed by atoms with Crippen molar-refractivity contribution in [2.24, 2.45) is 0 Å². The number of aromatic nitrogens is 1. The monoisotopic (exact) mass is 286 g/mol. The highest BCUT2D eigenvalue weighted by Crippen LogP contribution is 2.06. The normalized spacial score (nSPS) is 10.8. The van der Waals surface area contributed by atoms with E-state index in [1.165, 1.54) is 28.8 Å². The summed E-state index contributed by atoms with van der Waals surface area (Å²) in [5.41, 5.74) is 1.16. The maximum Gasteiger partial charge on any atom is 0.250 e. The van der Waals surface area contributed by atoms with Crippen LogP contribution in [0.5, 0.6) is 0 Å². The molecule has 2 aromatic rings. The molecule has 2 rings (SSSR count). The Bertz CT molecular complexity index is 718. The fourth-order valence-corrected chi connectivity index (χ4v) is 1.78. The highest BCUT2D eigenvalue weighted by molar-refractivity contribution is 6.01. The van der Waals surface area contributed by atoms with Gasteiger partial charge in [-0.2, -0.15) is 0 Å². The van der Waals surface area contributed by atoms with E-state index in [1.54, 1.807) is 30.5 Å². The van der Waals surface area contributed by atoms with Gasteiger partial charge in [-0.1, -0.05) is 12.1 Å². The van der Waals surface area contributed by atoms with Crippen LogP contribution < -0.4 is 10.9 Å². The molecule has 5 heteroatoms. The molecule has 4 nitrogen and oxygen atoms in total. The predicted octanol–water partition coefficient (Wildman–Crippen LogP) is 2.66. The first kappa shape index (κ1) is 14.7. The largest absolute Gasteiger partial charge is 0.321 e. The fraction of sp³-hybridized carbons (Fsp3) is 0.125. The highest BCUT2D eigenvalue weighted by Gasteiger charge is 2.00. The predicted molar refractivity (Wildman–Crippen MR) is 80.4 cm³/mol. The van der Waals surface area contributed by atoms with Gasteiger partial charge in [0.2, 0.25) is 5.91 Å². The number of carbonyl (C=O) groups excluding carboxylic acids is 1. The van der Waals surface area contributed by atoms with Crippen LogP contribution >= 0.6 is 0 Å². The van der Waals surface area contributed by atoms with Crippen LogP contribution in [0.2, 0.25) is 0 Å². The molecule has 0 aliphatic carbocycles. The number of rotatable bonds is 4. The average molecular weight is 286 g/mol. The van der Waals surface area contributed by atoms with Crippen molar-refractivity contribution in [3.05, 3.63) is 70.4 Å². The summed E-state index contributed by atoms with van der Waals surface area (Å²) in [6.45, 7) is 2.38. The van der Waals surface area contributed by atoms with Crippen molar-refractivity contribution < 1.29 is 9.18 Å². The third-order valence-electron chi connectivity index (χ3n) is 2.89. The van der Waals surface area contributed by atoms with Gasteiger partial charge in [0.15, 0.2) is 0 Å². The van der Waals surface area contributed by atoms with Gasteiger partial charge < -0.3 is 9.88 Å². The Hall–Kier alpha value is -2.69. The van der Waals surface area contributed by atoms with Crippen LogP contribution in [0.25, 0.3) is 6.08 Å². The van der Waals surface area contributed by atoms with Crippen molar-refractivity contribution in [3.8, 4) is 0 Å². The van der Waals surface area contributed by atoms with Crippen molar-refractivity contribution in [3.63, 3.8) is 0 Å². The van der Waals surface area contributed by atoms with E-state index in [4.69, 9.17) is 0 Å². The third-order valence-corrected chi connectivity index (χ3v) is 2.89. The van der Waals surface area contributed by atoms with Gasteiger partial charge in [0.25, 0.3) is 5.56 Å². The second-order valence-electron chi connectivity index (χ2n) is 4.42. The van der Waals surface area contributed by atoms with Gasteiger partial charge in [0, 0.05) is 24.9 Å². The van der Waals surface area contributed by atoms with Crippen LogP contribution in [0.3, 0.4) is 0 Å². The van der Waals surface area contributed by atoms with Crippen molar-refractivity contribution in [2.75, 3.05) is 5.32 Å². The number of hydrogen-bond acceptors (Lipinski definition) is 2. The molecule has 0 spiro atoms. The van der Waals surface area contributed by atoms with Crippen molar-refractivity contribution in [1.82, 2.24) is 4.57 Å². The van der Waals surface area contributed by atoms with E-state index in [0.29, 0.717) is 12.2 Å². The Balaban J connectivity index is 2.04. The minimum atomic E-state index is -0.321. The summed E-state index contributed by atoms with van der Waals surface area (Å²) in [6, 6.07) is 8.77. The summed E-state index contributed by atoms with van der Waals surface area (Å²) in [4.78, 5) is 23.2. The Morgan fingerprint density at radius 2 is 1.95 bits per heavy atom. The lowest BCUT2D eigenvalue weighted by Crippen LogP contribution is -2.19. The van der Waals surface area contributed by atoms with Crippen molar-refractivity contribution in [2.45, 2.75) is 13.5 Å². The number of nitrogens with zero attached hydrogens (tertiary/aromatic N) is 1. The van der Waals surface area contributed by atoms with E-state index in [9.17, 15) is 14.0 Å². The van der Waals surface area contributed by atoms with Gasteiger partial charge in [0.05, 0.1) is 5.69 Å². The number of hydrogen-bond donors (Lipinski definition) is 1. The topological polar surface area (TPSA) is 51.1 Å². The molecule has 0 aliphatic rings. The Morgan fingerprint density at radius 1 is 1.24 bits per heavy atom. The summed E-state index contributed by atoms with van der Waals surface area (Å²) >= 11 is 0. The molecule has 0 atom stereocenters. The number of anilines is 1. The van der Waals surface area contributed by atoms with E-state index in [-0.39, 0.29) is 17.3 Å². The second kappa shape index (κ2) is 6.65. The second-order valence-corrected chi connectivity index (χ2v) is 4.42. The third kappa shape index (κ3) is 4.14. The molecule has 108 valence electrons. The van der Waals surface area contributed by atoms with Gasteiger partial charge in [0.1, 0.15) is 5.82 Å². The zero-order valence-electron chi connectivity index (χ0n) is 11.5. The van der Waals surface area contributed by atoms with E-state index in [0.717, 1.165) is 5.56 Å². The lowest BCUT2D eigenvalue weighted by Gasteiger charge is -2.05. The molecular formula is C16H15FN2O2. The van der Waals surface area contributed by atoms with Gasteiger partial charge in [-0.15, -0.1) is 0 Å². The number of benzene rings is 1.